The van der Waals surface area contributed by atoms with E-state index in [4.69, 9.17) is 9.47 Å². The number of methoxy groups -OCH3 is 2. The van der Waals surface area contributed by atoms with Crippen LogP contribution >= 0.6 is 0 Å². The molecule has 1 aliphatic rings. The number of hydrogen-bond donors (Lipinski definition) is 0. The second kappa shape index (κ2) is 5.80. The SMILES string of the molecule is COc1cc(C)cc(-c2nccn2C2CCCC2)c1OC. The van der Waals surface area contributed by atoms with Crippen LogP contribution in [0.25, 0.3) is 11.4 Å². The summed E-state index contributed by atoms with van der Waals surface area (Å²) in [6.07, 6.45) is 9.03. The molecule has 0 spiro atoms. The normalized spacial score (nSPS) is 15.4. The molecule has 4 nitrogen and oxygen atoms in total. The van der Waals surface area contributed by atoms with Crippen molar-refractivity contribution in [2.24, 2.45) is 0 Å². The summed E-state index contributed by atoms with van der Waals surface area (Å²) in [5, 5.41) is 0. The van der Waals surface area contributed by atoms with Gasteiger partial charge in [-0.15, -0.1) is 0 Å². The molecule has 0 radical (unpaired) electrons. The molecule has 21 heavy (non-hydrogen) atoms. The van der Waals surface area contributed by atoms with Gasteiger partial charge >= 0.3 is 0 Å². The lowest BCUT2D eigenvalue weighted by molar-refractivity contribution is 0.355. The van der Waals surface area contributed by atoms with E-state index in [1.165, 1.54) is 25.7 Å². The van der Waals surface area contributed by atoms with Crippen LogP contribution in [0.2, 0.25) is 0 Å². The van der Waals surface area contributed by atoms with Gasteiger partial charge in [0.25, 0.3) is 0 Å². The molecule has 1 aromatic carbocycles. The van der Waals surface area contributed by atoms with E-state index in [0.29, 0.717) is 6.04 Å². The van der Waals surface area contributed by atoms with Crippen molar-refractivity contribution in [2.45, 2.75) is 38.6 Å². The van der Waals surface area contributed by atoms with Gasteiger partial charge in [0.05, 0.1) is 19.8 Å². The van der Waals surface area contributed by atoms with Gasteiger partial charge in [-0.05, 0) is 37.5 Å². The monoisotopic (exact) mass is 286 g/mol. The van der Waals surface area contributed by atoms with Crippen molar-refractivity contribution in [3.63, 3.8) is 0 Å². The lowest BCUT2D eigenvalue weighted by Crippen LogP contribution is -2.06. The van der Waals surface area contributed by atoms with Crippen molar-refractivity contribution in [3.05, 3.63) is 30.1 Å². The summed E-state index contributed by atoms with van der Waals surface area (Å²) >= 11 is 0. The first-order valence-electron chi connectivity index (χ1n) is 7.50. The third-order valence-electron chi connectivity index (χ3n) is 4.25. The fourth-order valence-corrected chi connectivity index (χ4v) is 3.27. The Bertz CT molecular complexity index is 628. The highest BCUT2D eigenvalue weighted by atomic mass is 16.5. The van der Waals surface area contributed by atoms with Gasteiger partial charge in [0, 0.05) is 18.4 Å². The van der Waals surface area contributed by atoms with E-state index in [1.807, 2.05) is 12.3 Å². The molecule has 1 heterocycles. The fourth-order valence-electron chi connectivity index (χ4n) is 3.27. The van der Waals surface area contributed by atoms with E-state index >= 15 is 0 Å². The summed E-state index contributed by atoms with van der Waals surface area (Å²) in [7, 11) is 3.35. The quantitative estimate of drug-likeness (QED) is 0.852. The van der Waals surface area contributed by atoms with Crippen molar-refractivity contribution >= 4 is 0 Å². The molecule has 0 aliphatic heterocycles. The first-order chi connectivity index (χ1) is 10.2. The molecule has 0 bridgehead atoms. The minimum Gasteiger partial charge on any atom is -0.493 e. The first-order valence-corrected chi connectivity index (χ1v) is 7.50. The van der Waals surface area contributed by atoms with Crippen molar-refractivity contribution in [2.75, 3.05) is 14.2 Å². The molecule has 2 aromatic rings. The van der Waals surface area contributed by atoms with Gasteiger partial charge in [-0.25, -0.2) is 4.98 Å². The van der Waals surface area contributed by atoms with Crippen molar-refractivity contribution < 1.29 is 9.47 Å². The lowest BCUT2D eigenvalue weighted by Gasteiger charge is -2.18. The van der Waals surface area contributed by atoms with Crippen molar-refractivity contribution in [1.29, 1.82) is 0 Å². The Hall–Kier alpha value is -1.97. The summed E-state index contributed by atoms with van der Waals surface area (Å²) in [4.78, 5) is 4.58. The van der Waals surface area contributed by atoms with Gasteiger partial charge in [0.2, 0.25) is 0 Å². The Balaban J connectivity index is 2.12. The number of nitrogens with zero attached hydrogens (tertiary/aromatic N) is 2. The molecule has 1 aliphatic carbocycles. The summed E-state index contributed by atoms with van der Waals surface area (Å²) in [5.74, 6) is 2.49. The molecule has 0 atom stereocenters. The first kappa shape index (κ1) is 14.0. The van der Waals surface area contributed by atoms with Gasteiger partial charge < -0.3 is 14.0 Å². The van der Waals surface area contributed by atoms with Crippen LogP contribution in [0.5, 0.6) is 11.5 Å². The summed E-state index contributed by atoms with van der Waals surface area (Å²) in [6, 6.07) is 4.67. The fraction of sp³-hybridized carbons (Fsp3) is 0.471. The third kappa shape index (κ3) is 2.50. The lowest BCUT2D eigenvalue weighted by atomic mass is 10.1. The van der Waals surface area contributed by atoms with Crippen LogP contribution < -0.4 is 9.47 Å². The molecule has 3 rings (SSSR count). The zero-order chi connectivity index (χ0) is 14.8. The van der Waals surface area contributed by atoms with Crippen LogP contribution in [0.15, 0.2) is 24.5 Å². The molecule has 112 valence electrons. The second-order valence-corrected chi connectivity index (χ2v) is 5.64. The van der Waals surface area contributed by atoms with E-state index in [0.717, 1.165) is 28.5 Å². The summed E-state index contributed by atoms with van der Waals surface area (Å²) in [6.45, 7) is 2.06. The standard InChI is InChI=1S/C17H22N2O2/c1-12-10-14(16(21-3)15(11-12)20-2)17-18-8-9-19(17)13-6-4-5-7-13/h8-11,13H,4-7H2,1-3H3. The van der Waals surface area contributed by atoms with Crippen molar-refractivity contribution in [1.82, 2.24) is 9.55 Å². The van der Waals surface area contributed by atoms with Crippen LogP contribution in [0.3, 0.4) is 0 Å². The maximum Gasteiger partial charge on any atom is 0.171 e. The maximum atomic E-state index is 5.59. The Kier molecular flexibility index (Phi) is 3.86. The highest BCUT2D eigenvalue weighted by Crippen LogP contribution is 2.40. The van der Waals surface area contributed by atoms with Crippen LogP contribution in [-0.2, 0) is 0 Å². The van der Waals surface area contributed by atoms with Crippen LogP contribution in [0, 0.1) is 6.92 Å². The molecule has 0 N–H and O–H groups in total. The van der Waals surface area contributed by atoms with E-state index in [9.17, 15) is 0 Å². The molecule has 0 unspecified atom stereocenters. The van der Waals surface area contributed by atoms with Crippen LogP contribution in [0.1, 0.15) is 37.3 Å². The second-order valence-electron chi connectivity index (χ2n) is 5.64. The predicted octanol–water partition coefficient (Wildman–Crippen LogP) is 3.99. The Morgan fingerprint density at radius 3 is 2.57 bits per heavy atom. The summed E-state index contributed by atoms with van der Waals surface area (Å²) < 4.78 is 13.3. The number of hydrogen-bond acceptors (Lipinski definition) is 3. The number of aryl methyl sites for hydroxylation is 1. The van der Waals surface area contributed by atoms with E-state index < -0.39 is 0 Å². The zero-order valence-corrected chi connectivity index (χ0v) is 12.9. The molecule has 1 aromatic heterocycles. The van der Waals surface area contributed by atoms with Crippen LogP contribution in [-0.4, -0.2) is 23.8 Å². The Morgan fingerprint density at radius 2 is 1.90 bits per heavy atom. The third-order valence-corrected chi connectivity index (χ3v) is 4.25. The van der Waals surface area contributed by atoms with E-state index in [2.05, 4.69) is 28.7 Å². The molecule has 4 heteroatoms. The number of benzene rings is 1. The smallest absolute Gasteiger partial charge is 0.171 e. The minimum absolute atomic E-state index is 0.554. The Morgan fingerprint density at radius 1 is 1.14 bits per heavy atom. The van der Waals surface area contributed by atoms with Crippen molar-refractivity contribution in [3.8, 4) is 22.9 Å². The Labute approximate surface area is 125 Å². The van der Waals surface area contributed by atoms with E-state index in [1.54, 1.807) is 14.2 Å². The highest BCUT2D eigenvalue weighted by Gasteiger charge is 2.23. The number of aromatic nitrogens is 2. The average Bonchev–Trinajstić information content (AvgIpc) is 3.16. The van der Waals surface area contributed by atoms with Crippen LogP contribution in [0.4, 0.5) is 0 Å². The van der Waals surface area contributed by atoms with Gasteiger partial charge in [-0.3, -0.25) is 0 Å². The zero-order valence-electron chi connectivity index (χ0n) is 12.9. The minimum atomic E-state index is 0.554. The highest BCUT2D eigenvalue weighted by molar-refractivity contribution is 5.70. The van der Waals surface area contributed by atoms with E-state index in [-0.39, 0.29) is 0 Å². The average molecular weight is 286 g/mol. The van der Waals surface area contributed by atoms with Gasteiger partial charge in [0.15, 0.2) is 11.5 Å². The molecular weight excluding hydrogens is 264 g/mol. The van der Waals surface area contributed by atoms with Gasteiger partial charge in [0.1, 0.15) is 5.82 Å². The number of imidazole rings is 1. The predicted molar refractivity (Wildman–Crippen MR) is 83.0 cm³/mol. The largest absolute Gasteiger partial charge is 0.493 e. The number of ether oxygens (including phenoxy) is 2. The molecule has 1 fully saturated rings. The number of rotatable bonds is 4. The molecule has 0 saturated heterocycles. The molecular formula is C17H22N2O2. The summed E-state index contributed by atoms with van der Waals surface area (Å²) in [5.41, 5.74) is 2.15. The molecule has 0 amide bonds. The van der Waals surface area contributed by atoms with Gasteiger partial charge in [-0.1, -0.05) is 12.8 Å². The topological polar surface area (TPSA) is 36.3 Å². The maximum absolute atomic E-state index is 5.59. The van der Waals surface area contributed by atoms with Gasteiger partial charge in [-0.2, -0.15) is 0 Å². The molecule has 1 saturated carbocycles.